The first-order valence-electron chi connectivity index (χ1n) is 40.3. The Labute approximate surface area is 561 Å². The molecule has 534 valence electrons. The van der Waals surface area contributed by atoms with Crippen LogP contribution in [0.5, 0.6) is 0 Å². The lowest BCUT2D eigenvalue weighted by Crippen LogP contribution is -2.29. The van der Waals surface area contributed by atoms with Crippen LogP contribution in [0.15, 0.2) is 24.3 Å². The molecule has 0 rings (SSSR count). The molecule has 0 aromatic carbocycles. The van der Waals surface area contributed by atoms with Crippen LogP contribution in [0.2, 0.25) is 0 Å². The molecule has 0 aliphatic heterocycles. The van der Waals surface area contributed by atoms with Crippen molar-refractivity contribution < 1.29 is 37.6 Å². The summed E-state index contributed by atoms with van der Waals surface area (Å²) in [7, 11) is -4.39. The minimum Gasteiger partial charge on any atom is -0.462 e. The van der Waals surface area contributed by atoms with Crippen LogP contribution in [0.1, 0.15) is 444 Å². The quantitative estimate of drug-likeness (QED) is 0.0264. The normalized spacial score (nSPS) is 12.9. The number of allylic oxidation sites excluding steroid dienone is 4. The van der Waals surface area contributed by atoms with E-state index in [0.717, 1.165) is 38.5 Å². The SMILES string of the molecule is CCCCCCC/C=C\C/C=C\CCCCCCCCCCCCCCCCCCCCCCCC(=O)OC(COC(=O)CCCCCCCCCCCCCCCCCCCCCCCCCCCCCCCCCCCCCC)COP(=O)(O)OCCN. The van der Waals surface area contributed by atoms with Crippen molar-refractivity contribution >= 4 is 19.8 Å². The summed E-state index contributed by atoms with van der Waals surface area (Å²) < 4.78 is 33.3. The summed E-state index contributed by atoms with van der Waals surface area (Å²) in [6, 6.07) is 0. The predicted octanol–water partition coefficient (Wildman–Crippen LogP) is 26.8. The number of hydrogen-bond acceptors (Lipinski definition) is 8. The Balaban J connectivity index is 3.73. The smallest absolute Gasteiger partial charge is 0.462 e. The van der Waals surface area contributed by atoms with Gasteiger partial charge in [-0.05, 0) is 44.9 Å². The van der Waals surface area contributed by atoms with Gasteiger partial charge in [-0.25, -0.2) is 4.57 Å². The van der Waals surface area contributed by atoms with Gasteiger partial charge < -0.3 is 20.1 Å². The molecule has 0 aliphatic carbocycles. The molecule has 0 heterocycles. The van der Waals surface area contributed by atoms with Crippen molar-refractivity contribution in [3.05, 3.63) is 24.3 Å². The molecule has 2 unspecified atom stereocenters. The molecule has 0 fully saturated rings. The number of carbonyl (C=O) groups excluding carboxylic acids is 2. The number of hydrogen-bond donors (Lipinski definition) is 2. The van der Waals surface area contributed by atoms with Crippen LogP contribution in [0, 0.1) is 0 Å². The third kappa shape index (κ3) is 75.5. The number of ether oxygens (including phenoxy) is 2. The van der Waals surface area contributed by atoms with Gasteiger partial charge in [-0.1, -0.05) is 411 Å². The van der Waals surface area contributed by atoms with Gasteiger partial charge in [0.2, 0.25) is 0 Å². The van der Waals surface area contributed by atoms with Crippen LogP contribution in [-0.4, -0.2) is 49.3 Å². The molecule has 9 nitrogen and oxygen atoms in total. The molecule has 0 saturated heterocycles. The van der Waals surface area contributed by atoms with Crippen LogP contribution in [0.3, 0.4) is 0 Å². The van der Waals surface area contributed by atoms with Crippen molar-refractivity contribution in [1.82, 2.24) is 0 Å². The summed E-state index contributed by atoms with van der Waals surface area (Å²) in [6.45, 7) is 3.83. The van der Waals surface area contributed by atoms with Crippen molar-refractivity contribution in [1.29, 1.82) is 0 Å². The molecular weight excluding hydrogens is 1130 g/mol. The van der Waals surface area contributed by atoms with Crippen LogP contribution in [0.4, 0.5) is 0 Å². The third-order valence-electron chi connectivity index (χ3n) is 18.6. The fourth-order valence-electron chi connectivity index (χ4n) is 12.6. The van der Waals surface area contributed by atoms with Gasteiger partial charge in [-0.2, -0.15) is 0 Å². The second-order valence-corrected chi connectivity index (χ2v) is 29.1. The summed E-state index contributed by atoms with van der Waals surface area (Å²) in [5, 5.41) is 0. The topological polar surface area (TPSA) is 134 Å². The van der Waals surface area contributed by atoms with E-state index in [0.29, 0.717) is 6.42 Å². The molecule has 0 spiro atoms. The Morgan fingerprint density at radius 3 is 0.844 bits per heavy atom. The number of rotatable bonds is 78. The maximum Gasteiger partial charge on any atom is 0.472 e. The molecule has 0 aliphatic rings. The van der Waals surface area contributed by atoms with E-state index in [1.54, 1.807) is 0 Å². The Bertz CT molecular complexity index is 1520. The molecule has 2 atom stereocenters. The summed E-state index contributed by atoms with van der Waals surface area (Å²) in [4.78, 5) is 35.5. The van der Waals surface area contributed by atoms with Crippen LogP contribution >= 0.6 is 7.82 Å². The predicted molar refractivity (Wildman–Crippen MR) is 391 cm³/mol. The molecular formula is C80H156NO8P. The van der Waals surface area contributed by atoms with Crippen molar-refractivity contribution in [3.63, 3.8) is 0 Å². The average molecular weight is 1290 g/mol. The minimum atomic E-state index is -4.39. The largest absolute Gasteiger partial charge is 0.472 e. The standard InChI is InChI=1S/C80H156NO8P/c1-3-5-7-9-11-13-15-17-19-21-23-25-27-29-31-33-35-37-38-39-41-42-44-46-48-50-52-54-56-58-60-62-64-66-68-70-72-79(82)86-76-78(77-88-90(84,85)87-75-74-81)89-80(83)73-71-69-67-65-63-61-59-57-55-53-51-49-47-45-43-40-36-34-32-30-28-26-24-22-20-18-16-14-12-10-8-6-4-2/h16,18,22,24,78H,3-15,17,19-21,23,25-77,81H2,1-2H3,(H,84,85)/b18-16-,24-22-. The summed E-state index contributed by atoms with van der Waals surface area (Å²) in [5.41, 5.74) is 5.42. The Hall–Kier alpha value is -1.51. The minimum absolute atomic E-state index is 0.0573. The van der Waals surface area contributed by atoms with E-state index in [-0.39, 0.29) is 38.6 Å². The summed E-state index contributed by atoms with van der Waals surface area (Å²) >= 11 is 0. The van der Waals surface area contributed by atoms with Gasteiger partial charge in [0, 0.05) is 19.4 Å². The second-order valence-electron chi connectivity index (χ2n) is 27.7. The second kappa shape index (κ2) is 76.5. The zero-order chi connectivity index (χ0) is 65.1. The zero-order valence-corrected chi connectivity index (χ0v) is 61.3. The Morgan fingerprint density at radius 1 is 0.333 bits per heavy atom. The van der Waals surface area contributed by atoms with Crippen molar-refractivity contribution in [3.8, 4) is 0 Å². The number of carbonyl (C=O) groups is 2. The molecule has 0 bridgehead atoms. The van der Waals surface area contributed by atoms with Gasteiger partial charge in [0.1, 0.15) is 6.61 Å². The zero-order valence-electron chi connectivity index (χ0n) is 60.4. The van der Waals surface area contributed by atoms with Crippen molar-refractivity contribution in [2.24, 2.45) is 5.73 Å². The van der Waals surface area contributed by atoms with Crippen LogP contribution in [-0.2, 0) is 32.7 Å². The Morgan fingerprint density at radius 2 is 0.578 bits per heavy atom. The van der Waals surface area contributed by atoms with Gasteiger partial charge in [0.05, 0.1) is 13.2 Å². The summed E-state index contributed by atoms with van der Waals surface area (Å²) in [5.74, 6) is -0.798. The van der Waals surface area contributed by atoms with E-state index in [9.17, 15) is 19.0 Å². The van der Waals surface area contributed by atoms with Crippen LogP contribution in [0.25, 0.3) is 0 Å². The van der Waals surface area contributed by atoms with Gasteiger partial charge in [0.15, 0.2) is 6.10 Å². The highest BCUT2D eigenvalue weighted by Gasteiger charge is 2.26. The first kappa shape index (κ1) is 88.5. The molecule has 90 heavy (non-hydrogen) atoms. The highest BCUT2D eigenvalue weighted by atomic mass is 31.2. The van der Waals surface area contributed by atoms with E-state index in [1.165, 1.54) is 372 Å². The number of unbranched alkanes of at least 4 members (excludes halogenated alkanes) is 61. The van der Waals surface area contributed by atoms with Gasteiger partial charge in [0.25, 0.3) is 0 Å². The van der Waals surface area contributed by atoms with Gasteiger partial charge >= 0.3 is 19.8 Å². The molecule has 0 saturated carbocycles. The number of phosphoric ester groups is 1. The highest BCUT2D eigenvalue weighted by Crippen LogP contribution is 2.43. The fourth-order valence-corrected chi connectivity index (χ4v) is 13.4. The van der Waals surface area contributed by atoms with E-state index >= 15 is 0 Å². The lowest BCUT2D eigenvalue weighted by molar-refractivity contribution is -0.161. The highest BCUT2D eigenvalue weighted by molar-refractivity contribution is 7.47. The molecule has 0 aromatic rings. The average Bonchev–Trinajstić information content (AvgIpc) is 3.58. The number of nitrogens with two attached hydrogens (primary N) is 1. The third-order valence-corrected chi connectivity index (χ3v) is 19.6. The lowest BCUT2D eigenvalue weighted by atomic mass is 10.0. The van der Waals surface area contributed by atoms with E-state index < -0.39 is 26.5 Å². The maximum atomic E-state index is 12.8. The monoisotopic (exact) mass is 1290 g/mol. The number of phosphoric acid groups is 1. The van der Waals surface area contributed by atoms with Crippen LogP contribution < -0.4 is 5.73 Å². The lowest BCUT2D eigenvalue weighted by Gasteiger charge is -2.19. The molecule has 0 amide bonds. The first-order valence-corrected chi connectivity index (χ1v) is 41.8. The van der Waals surface area contributed by atoms with Crippen molar-refractivity contribution in [2.75, 3.05) is 26.4 Å². The Kier molecular flexibility index (Phi) is 75.2. The van der Waals surface area contributed by atoms with Gasteiger partial charge in [-0.15, -0.1) is 0 Å². The van der Waals surface area contributed by atoms with E-state index in [2.05, 4.69) is 38.2 Å². The van der Waals surface area contributed by atoms with E-state index in [1.807, 2.05) is 0 Å². The first-order chi connectivity index (χ1) is 44.3. The van der Waals surface area contributed by atoms with Crippen molar-refractivity contribution in [2.45, 2.75) is 450 Å². The van der Waals surface area contributed by atoms with E-state index in [4.69, 9.17) is 24.3 Å². The maximum absolute atomic E-state index is 12.8. The molecule has 3 N–H and O–H groups in total. The molecule has 0 radical (unpaired) electrons. The fraction of sp³-hybridized carbons (Fsp3) is 0.925. The van der Waals surface area contributed by atoms with Gasteiger partial charge in [-0.3, -0.25) is 18.6 Å². The summed E-state index contributed by atoms with van der Waals surface area (Å²) in [6.07, 6.45) is 96.2. The molecule has 0 aromatic heterocycles. The molecule has 10 heteroatoms. The number of esters is 2.